The minimum absolute atomic E-state index is 0.237. The number of carboxylic acids is 1. The summed E-state index contributed by atoms with van der Waals surface area (Å²) in [6, 6.07) is 4.74. The van der Waals surface area contributed by atoms with Gasteiger partial charge in [-0.15, -0.1) is 0 Å². The number of hydrogen-bond donors (Lipinski definition) is 2. The second-order valence-electron chi connectivity index (χ2n) is 3.05. The molecule has 0 bridgehead atoms. The molecule has 0 unspecified atom stereocenters. The lowest BCUT2D eigenvalue weighted by atomic mass is 10.1. The summed E-state index contributed by atoms with van der Waals surface area (Å²) in [7, 11) is 1.73. The van der Waals surface area contributed by atoms with E-state index >= 15 is 0 Å². The molecule has 0 aliphatic heterocycles. The minimum Gasteiger partial charge on any atom is -0.478 e. The molecule has 2 aromatic rings. The maximum Gasteiger partial charge on any atom is 0.335 e. The van der Waals surface area contributed by atoms with Crippen molar-refractivity contribution in [3.05, 3.63) is 23.8 Å². The third kappa shape index (κ3) is 1.10. The Morgan fingerprint density at radius 1 is 1.57 bits per heavy atom. The lowest BCUT2D eigenvalue weighted by molar-refractivity contribution is 0.0697. The van der Waals surface area contributed by atoms with Crippen LogP contribution in [0.5, 0.6) is 0 Å². The molecule has 0 radical (unpaired) electrons. The molecule has 0 saturated carbocycles. The second kappa shape index (κ2) is 2.73. The third-order valence-electron chi connectivity index (χ3n) is 2.13. The first kappa shape index (κ1) is 8.55. The lowest BCUT2D eigenvalue weighted by Crippen LogP contribution is -1.96. The van der Waals surface area contributed by atoms with Crippen molar-refractivity contribution in [2.24, 2.45) is 7.05 Å². The Bertz CT molecular complexity index is 516. The fourth-order valence-corrected chi connectivity index (χ4v) is 1.42. The number of nitrogens with zero attached hydrogens (tertiary/aromatic N) is 2. The van der Waals surface area contributed by atoms with Crippen LogP contribution in [0.25, 0.3) is 10.9 Å². The Hall–Kier alpha value is -2.04. The van der Waals surface area contributed by atoms with E-state index < -0.39 is 5.97 Å². The van der Waals surface area contributed by atoms with E-state index in [9.17, 15) is 4.79 Å². The van der Waals surface area contributed by atoms with Gasteiger partial charge in [-0.3, -0.25) is 4.68 Å². The first-order valence-corrected chi connectivity index (χ1v) is 4.05. The van der Waals surface area contributed by atoms with E-state index in [1.54, 1.807) is 23.9 Å². The summed E-state index contributed by atoms with van der Waals surface area (Å²) >= 11 is 0. The zero-order valence-electron chi connectivity index (χ0n) is 7.56. The van der Waals surface area contributed by atoms with Crippen LogP contribution >= 0.6 is 0 Å². The molecule has 1 heterocycles. The van der Waals surface area contributed by atoms with Crippen molar-refractivity contribution < 1.29 is 9.90 Å². The number of nitrogens with two attached hydrogens (primary N) is 1. The highest BCUT2D eigenvalue weighted by Crippen LogP contribution is 2.20. The maximum absolute atomic E-state index is 10.7. The topological polar surface area (TPSA) is 81.1 Å². The van der Waals surface area contributed by atoms with Gasteiger partial charge in [0, 0.05) is 12.4 Å². The highest BCUT2D eigenvalue weighted by Gasteiger charge is 2.09. The van der Waals surface area contributed by atoms with Gasteiger partial charge in [-0.1, -0.05) is 0 Å². The van der Waals surface area contributed by atoms with E-state index in [1.807, 2.05) is 0 Å². The molecule has 0 amide bonds. The third-order valence-corrected chi connectivity index (χ3v) is 2.13. The van der Waals surface area contributed by atoms with Gasteiger partial charge >= 0.3 is 5.97 Å². The van der Waals surface area contributed by atoms with Crippen molar-refractivity contribution in [1.29, 1.82) is 0 Å². The fraction of sp³-hybridized carbons (Fsp3) is 0.111. The van der Waals surface area contributed by atoms with Crippen LogP contribution in [0.2, 0.25) is 0 Å². The Morgan fingerprint density at radius 2 is 2.29 bits per heavy atom. The predicted molar refractivity (Wildman–Crippen MR) is 52.1 cm³/mol. The van der Waals surface area contributed by atoms with Crippen molar-refractivity contribution >= 4 is 22.7 Å². The number of aromatic carboxylic acids is 1. The summed E-state index contributed by atoms with van der Waals surface area (Å²) in [6.07, 6.45) is 0. The average molecular weight is 191 g/mol. The number of aromatic nitrogens is 2. The summed E-state index contributed by atoms with van der Waals surface area (Å²) in [4.78, 5) is 10.7. The molecule has 0 atom stereocenters. The van der Waals surface area contributed by atoms with Crippen molar-refractivity contribution in [2.45, 2.75) is 0 Å². The molecule has 0 aliphatic rings. The molecule has 3 N–H and O–H groups in total. The number of nitrogen functional groups attached to an aromatic ring is 1. The van der Waals surface area contributed by atoms with Crippen LogP contribution in [-0.4, -0.2) is 20.9 Å². The quantitative estimate of drug-likeness (QED) is 0.700. The normalized spacial score (nSPS) is 10.6. The Balaban J connectivity index is 2.77. The van der Waals surface area contributed by atoms with Gasteiger partial charge in [-0.25, -0.2) is 4.79 Å². The van der Waals surface area contributed by atoms with Crippen molar-refractivity contribution in [2.75, 3.05) is 5.73 Å². The molecule has 5 nitrogen and oxygen atoms in total. The SMILES string of the molecule is Cn1nc(N)c2ccc(C(=O)O)cc21. The van der Waals surface area contributed by atoms with E-state index in [1.165, 1.54) is 6.07 Å². The van der Waals surface area contributed by atoms with Crippen molar-refractivity contribution in [3.63, 3.8) is 0 Å². The fourth-order valence-electron chi connectivity index (χ4n) is 1.42. The van der Waals surface area contributed by atoms with E-state index in [0.29, 0.717) is 5.82 Å². The van der Waals surface area contributed by atoms with E-state index in [-0.39, 0.29) is 5.56 Å². The van der Waals surface area contributed by atoms with Gasteiger partial charge in [0.1, 0.15) is 0 Å². The maximum atomic E-state index is 10.7. The highest BCUT2D eigenvalue weighted by molar-refractivity contribution is 5.96. The monoisotopic (exact) mass is 191 g/mol. The summed E-state index contributed by atoms with van der Waals surface area (Å²) in [5.41, 5.74) is 6.58. The van der Waals surface area contributed by atoms with Crippen LogP contribution in [0, 0.1) is 0 Å². The summed E-state index contributed by atoms with van der Waals surface area (Å²) in [5.74, 6) is -0.536. The molecular formula is C9H9N3O2. The first-order valence-electron chi connectivity index (χ1n) is 4.05. The summed E-state index contributed by atoms with van der Waals surface area (Å²) < 4.78 is 1.57. The number of rotatable bonds is 1. The van der Waals surface area contributed by atoms with Gasteiger partial charge in [-0.05, 0) is 18.2 Å². The lowest BCUT2D eigenvalue weighted by Gasteiger charge is -1.96. The number of benzene rings is 1. The van der Waals surface area contributed by atoms with Crippen LogP contribution in [-0.2, 0) is 7.05 Å². The van der Waals surface area contributed by atoms with E-state index in [4.69, 9.17) is 10.8 Å². The van der Waals surface area contributed by atoms with Gasteiger partial charge in [-0.2, -0.15) is 5.10 Å². The molecule has 1 aromatic heterocycles. The number of aryl methyl sites for hydroxylation is 1. The standard InChI is InChI=1S/C9H9N3O2/c1-12-7-4-5(9(13)14)2-3-6(7)8(10)11-12/h2-4H,1H3,(H2,10,11)(H,13,14). The zero-order chi connectivity index (χ0) is 10.3. The Morgan fingerprint density at radius 3 is 2.93 bits per heavy atom. The zero-order valence-corrected chi connectivity index (χ0v) is 7.56. The van der Waals surface area contributed by atoms with Crippen LogP contribution in [0.3, 0.4) is 0 Å². The smallest absolute Gasteiger partial charge is 0.335 e. The van der Waals surface area contributed by atoms with Gasteiger partial charge in [0.15, 0.2) is 5.82 Å². The molecular weight excluding hydrogens is 182 g/mol. The number of fused-ring (bicyclic) bond motifs is 1. The molecule has 2 rings (SSSR count). The van der Waals surface area contributed by atoms with Crippen LogP contribution in [0.15, 0.2) is 18.2 Å². The number of carbonyl (C=O) groups is 1. The predicted octanol–water partition coefficient (Wildman–Crippen LogP) is 0.854. The second-order valence-corrected chi connectivity index (χ2v) is 3.05. The largest absolute Gasteiger partial charge is 0.478 e. The molecule has 0 fully saturated rings. The highest BCUT2D eigenvalue weighted by atomic mass is 16.4. The van der Waals surface area contributed by atoms with E-state index in [0.717, 1.165) is 10.9 Å². The van der Waals surface area contributed by atoms with Crippen LogP contribution in [0.4, 0.5) is 5.82 Å². The summed E-state index contributed by atoms with van der Waals surface area (Å²) in [6.45, 7) is 0. The molecule has 0 saturated heterocycles. The Kier molecular flexibility index (Phi) is 1.67. The molecule has 1 aromatic carbocycles. The van der Waals surface area contributed by atoms with Gasteiger partial charge in [0.25, 0.3) is 0 Å². The summed E-state index contributed by atoms with van der Waals surface area (Å²) in [5, 5.41) is 13.5. The average Bonchev–Trinajstić information content (AvgIpc) is 2.42. The van der Waals surface area contributed by atoms with Gasteiger partial charge in [0.05, 0.1) is 11.1 Å². The first-order chi connectivity index (χ1) is 6.59. The van der Waals surface area contributed by atoms with Crippen molar-refractivity contribution in [3.8, 4) is 0 Å². The number of anilines is 1. The Labute approximate surface area is 79.7 Å². The van der Waals surface area contributed by atoms with Crippen molar-refractivity contribution in [1.82, 2.24) is 9.78 Å². The molecule has 72 valence electrons. The van der Waals surface area contributed by atoms with Gasteiger partial charge < -0.3 is 10.8 Å². The number of hydrogen-bond acceptors (Lipinski definition) is 3. The molecule has 14 heavy (non-hydrogen) atoms. The van der Waals surface area contributed by atoms with Gasteiger partial charge in [0.2, 0.25) is 0 Å². The van der Waals surface area contributed by atoms with Crippen LogP contribution in [0.1, 0.15) is 10.4 Å². The minimum atomic E-state index is -0.952. The van der Waals surface area contributed by atoms with Crippen LogP contribution < -0.4 is 5.73 Å². The molecule has 0 aliphatic carbocycles. The van der Waals surface area contributed by atoms with E-state index in [2.05, 4.69) is 5.10 Å². The number of carboxylic acid groups (broad SMARTS) is 1. The molecule has 5 heteroatoms. The molecule has 0 spiro atoms.